The number of hydrogen-bond donors (Lipinski definition) is 1. The van der Waals surface area contributed by atoms with Crippen LogP contribution in [0.3, 0.4) is 0 Å². The van der Waals surface area contributed by atoms with E-state index in [9.17, 15) is 9.90 Å². The molecule has 0 unspecified atom stereocenters. The van der Waals surface area contributed by atoms with E-state index in [2.05, 4.69) is 4.99 Å². The molecule has 0 saturated heterocycles. The van der Waals surface area contributed by atoms with Gasteiger partial charge in [0.05, 0.1) is 7.11 Å². The van der Waals surface area contributed by atoms with Gasteiger partial charge in [0.2, 0.25) is 5.78 Å². The molecule has 0 spiro atoms. The summed E-state index contributed by atoms with van der Waals surface area (Å²) in [5, 5.41) is 9.95. The molecule has 1 heterocycles. The molecular weight excluding hydrogens is 266 g/mol. The number of benzene rings is 2. The maximum atomic E-state index is 12.6. The largest absolute Gasteiger partial charge is 0.504 e. The first-order chi connectivity index (χ1) is 10.2. The molecule has 2 aromatic rings. The van der Waals surface area contributed by atoms with Crippen molar-refractivity contribution in [2.24, 2.45) is 4.99 Å². The average molecular weight is 281 g/mol. The zero-order valence-electron chi connectivity index (χ0n) is 11.7. The van der Waals surface area contributed by atoms with Gasteiger partial charge >= 0.3 is 0 Å². The van der Waals surface area contributed by atoms with Crippen LogP contribution < -0.4 is 4.74 Å². The molecule has 3 rings (SSSR count). The Kier molecular flexibility index (Phi) is 3.44. The third-order valence-electron chi connectivity index (χ3n) is 3.56. The second-order valence-corrected chi connectivity index (χ2v) is 4.86. The van der Waals surface area contributed by atoms with Crippen LogP contribution in [-0.4, -0.2) is 30.3 Å². The summed E-state index contributed by atoms with van der Waals surface area (Å²) >= 11 is 0. The van der Waals surface area contributed by atoms with Gasteiger partial charge in [0.1, 0.15) is 5.71 Å². The Hall–Kier alpha value is -2.62. The van der Waals surface area contributed by atoms with E-state index in [0.29, 0.717) is 29.1 Å². The minimum absolute atomic E-state index is 0.0201. The van der Waals surface area contributed by atoms with Gasteiger partial charge in [-0.15, -0.1) is 0 Å². The van der Waals surface area contributed by atoms with Crippen molar-refractivity contribution in [3.8, 4) is 11.5 Å². The van der Waals surface area contributed by atoms with Crippen molar-refractivity contribution < 1.29 is 14.6 Å². The minimum atomic E-state index is -0.124. The number of carbonyl (C=O) groups excluding carboxylic acids is 1. The number of ether oxygens (including phenoxy) is 1. The van der Waals surface area contributed by atoms with E-state index in [-0.39, 0.29) is 11.5 Å². The van der Waals surface area contributed by atoms with Gasteiger partial charge in [-0.25, -0.2) is 0 Å². The summed E-state index contributed by atoms with van der Waals surface area (Å²) in [6.45, 7) is 0.564. The summed E-state index contributed by atoms with van der Waals surface area (Å²) in [6, 6.07) is 12.4. The van der Waals surface area contributed by atoms with Crippen molar-refractivity contribution in [2.45, 2.75) is 6.42 Å². The standard InChI is InChI=1S/C17H15NO3/c1-21-15-9-12-7-8-18-16(13(12)10-14(15)19)17(20)11-5-3-2-4-6-11/h2-6,9-10,19H,7-8H2,1H3. The van der Waals surface area contributed by atoms with Crippen LogP contribution in [0.1, 0.15) is 21.5 Å². The molecule has 0 aliphatic carbocycles. The van der Waals surface area contributed by atoms with Crippen LogP contribution in [0, 0.1) is 0 Å². The Morgan fingerprint density at radius 1 is 1.24 bits per heavy atom. The molecule has 1 aliphatic heterocycles. The van der Waals surface area contributed by atoms with Gasteiger partial charge in [-0.1, -0.05) is 30.3 Å². The summed E-state index contributed by atoms with van der Waals surface area (Å²) in [6.07, 6.45) is 0.734. The fourth-order valence-electron chi connectivity index (χ4n) is 2.49. The van der Waals surface area contributed by atoms with Gasteiger partial charge < -0.3 is 9.84 Å². The third-order valence-corrected chi connectivity index (χ3v) is 3.56. The lowest BCUT2D eigenvalue weighted by molar-refractivity contribution is 0.106. The molecule has 4 heteroatoms. The first-order valence-electron chi connectivity index (χ1n) is 6.75. The number of carbonyl (C=O) groups is 1. The lowest BCUT2D eigenvalue weighted by Gasteiger charge is -2.18. The molecule has 0 aromatic heterocycles. The number of nitrogens with zero attached hydrogens (tertiary/aromatic N) is 1. The fraction of sp³-hybridized carbons (Fsp3) is 0.176. The highest BCUT2D eigenvalue weighted by Gasteiger charge is 2.23. The van der Waals surface area contributed by atoms with Gasteiger partial charge in [-0.05, 0) is 24.1 Å². The van der Waals surface area contributed by atoms with Gasteiger partial charge in [0.15, 0.2) is 11.5 Å². The number of hydrogen-bond acceptors (Lipinski definition) is 4. The van der Waals surface area contributed by atoms with E-state index >= 15 is 0 Å². The first kappa shape index (κ1) is 13.4. The normalized spacial score (nSPS) is 13.3. The number of methoxy groups -OCH3 is 1. The topological polar surface area (TPSA) is 58.9 Å². The van der Waals surface area contributed by atoms with Gasteiger partial charge in [-0.2, -0.15) is 0 Å². The fourth-order valence-corrected chi connectivity index (χ4v) is 2.49. The van der Waals surface area contributed by atoms with Gasteiger partial charge in [0.25, 0.3) is 0 Å². The van der Waals surface area contributed by atoms with E-state index in [0.717, 1.165) is 12.0 Å². The van der Waals surface area contributed by atoms with E-state index < -0.39 is 0 Å². The van der Waals surface area contributed by atoms with Gasteiger partial charge in [-0.3, -0.25) is 9.79 Å². The summed E-state index contributed by atoms with van der Waals surface area (Å²) in [4.78, 5) is 16.9. The zero-order chi connectivity index (χ0) is 14.8. The second-order valence-electron chi connectivity index (χ2n) is 4.86. The Morgan fingerprint density at radius 2 is 2.00 bits per heavy atom. The van der Waals surface area contributed by atoms with E-state index in [4.69, 9.17) is 4.74 Å². The molecule has 1 aliphatic rings. The molecular formula is C17H15NO3. The molecule has 0 atom stereocenters. The van der Waals surface area contributed by atoms with E-state index in [1.165, 1.54) is 7.11 Å². The highest BCUT2D eigenvalue weighted by molar-refractivity contribution is 6.51. The van der Waals surface area contributed by atoms with Crippen molar-refractivity contribution in [3.63, 3.8) is 0 Å². The quantitative estimate of drug-likeness (QED) is 0.880. The highest BCUT2D eigenvalue weighted by atomic mass is 16.5. The van der Waals surface area contributed by atoms with Crippen LogP contribution in [0.4, 0.5) is 0 Å². The molecule has 0 amide bonds. The second kappa shape index (κ2) is 5.40. The van der Waals surface area contributed by atoms with Crippen LogP contribution >= 0.6 is 0 Å². The maximum Gasteiger partial charge on any atom is 0.211 e. The Balaban J connectivity index is 2.05. The van der Waals surface area contributed by atoms with E-state index in [1.54, 1.807) is 24.3 Å². The predicted molar refractivity (Wildman–Crippen MR) is 80.5 cm³/mol. The molecule has 21 heavy (non-hydrogen) atoms. The average Bonchev–Trinajstić information content (AvgIpc) is 2.54. The molecule has 0 saturated carbocycles. The smallest absolute Gasteiger partial charge is 0.211 e. The van der Waals surface area contributed by atoms with E-state index in [1.807, 2.05) is 18.2 Å². The summed E-state index contributed by atoms with van der Waals surface area (Å²) in [7, 11) is 1.51. The number of ketones is 1. The monoisotopic (exact) mass is 281 g/mol. The Morgan fingerprint density at radius 3 is 2.71 bits per heavy atom. The number of rotatable bonds is 3. The molecule has 0 fully saturated rings. The number of Topliss-reactive ketones (excluding diaryl/α,β-unsaturated/α-hetero) is 1. The van der Waals surface area contributed by atoms with Crippen LogP contribution in [-0.2, 0) is 6.42 Å². The number of aromatic hydroxyl groups is 1. The molecule has 4 nitrogen and oxygen atoms in total. The Bertz CT molecular complexity index is 720. The minimum Gasteiger partial charge on any atom is -0.504 e. The highest BCUT2D eigenvalue weighted by Crippen LogP contribution is 2.32. The number of phenols is 1. The van der Waals surface area contributed by atoms with Crippen LogP contribution in [0.5, 0.6) is 11.5 Å². The number of phenolic OH excluding ortho intramolecular Hbond substituents is 1. The molecule has 0 bridgehead atoms. The van der Waals surface area contributed by atoms with Crippen molar-refractivity contribution in [1.29, 1.82) is 0 Å². The first-order valence-corrected chi connectivity index (χ1v) is 6.75. The number of fused-ring (bicyclic) bond motifs is 1. The van der Waals surface area contributed by atoms with Crippen LogP contribution in [0.25, 0.3) is 0 Å². The summed E-state index contributed by atoms with van der Waals surface area (Å²) < 4.78 is 5.12. The number of aliphatic imine (C=N–C) groups is 1. The van der Waals surface area contributed by atoms with Crippen LogP contribution in [0.15, 0.2) is 47.5 Å². The van der Waals surface area contributed by atoms with Crippen LogP contribution in [0.2, 0.25) is 0 Å². The maximum absolute atomic E-state index is 12.6. The lowest BCUT2D eigenvalue weighted by atomic mass is 9.92. The SMILES string of the molecule is COc1cc2c(cc1O)C(C(=O)c1ccccc1)=NCC2. The third kappa shape index (κ3) is 2.40. The van der Waals surface area contributed by atoms with Gasteiger partial charge in [0, 0.05) is 17.7 Å². The lowest BCUT2D eigenvalue weighted by Crippen LogP contribution is -2.22. The van der Waals surface area contributed by atoms with Crippen molar-refractivity contribution >= 4 is 11.5 Å². The Labute approximate surface area is 122 Å². The van der Waals surface area contributed by atoms with Crippen molar-refractivity contribution in [3.05, 3.63) is 59.2 Å². The molecule has 2 aromatic carbocycles. The molecule has 106 valence electrons. The van der Waals surface area contributed by atoms with Crippen molar-refractivity contribution in [1.82, 2.24) is 0 Å². The predicted octanol–water partition coefficient (Wildman–Crippen LogP) is 2.63. The summed E-state index contributed by atoms with van der Waals surface area (Å²) in [5.74, 6) is 0.315. The van der Waals surface area contributed by atoms with Crippen molar-refractivity contribution in [2.75, 3.05) is 13.7 Å². The molecule has 1 N–H and O–H groups in total. The molecule has 0 radical (unpaired) electrons. The zero-order valence-corrected chi connectivity index (χ0v) is 11.7. The summed E-state index contributed by atoms with van der Waals surface area (Å²) in [5.41, 5.74) is 2.66.